The normalized spacial score (nSPS) is 16.0. The quantitative estimate of drug-likeness (QED) is 0.448. The van der Waals surface area contributed by atoms with E-state index in [9.17, 15) is 19.5 Å². The lowest BCUT2D eigenvalue weighted by Crippen LogP contribution is -2.47. The Morgan fingerprint density at radius 1 is 0.868 bits per heavy atom. The van der Waals surface area contributed by atoms with Crippen molar-refractivity contribution in [2.45, 2.75) is 31.4 Å². The molecule has 8 nitrogen and oxygen atoms in total. The highest BCUT2D eigenvalue weighted by Gasteiger charge is 2.35. The molecule has 1 aliphatic carbocycles. The van der Waals surface area contributed by atoms with Gasteiger partial charge in [0.05, 0.1) is 6.04 Å². The van der Waals surface area contributed by atoms with Crippen molar-refractivity contribution < 1.29 is 29.0 Å². The average molecular weight is 515 g/mol. The molecule has 1 saturated heterocycles. The maximum atomic E-state index is 13.1. The summed E-state index contributed by atoms with van der Waals surface area (Å²) in [4.78, 5) is 40.3. The van der Waals surface area contributed by atoms with Crippen molar-refractivity contribution in [1.82, 2.24) is 9.80 Å². The van der Waals surface area contributed by atoms with E-state index in [4.69, 9.17) is 9.47 Å². The highest BCUT2D eigenvalue weighted by molar-refractivity contribution is 5.80. The molecule has 38 heavy (non-hydrogen) atoms. The van der Waals surface area contributed by atoms with Crippen molar-refractivity contribution >= 4 is 18.2 Å². The number of rotatable bonds is 8. The van der Waals surface area contributed by atoms with Gasteiger partial charge in [-0.3, -0.25) is 9.69 Å². The van der Waals surface area contributed by atoms with Crippen LogP contribution in [0, 0.1) is 0 Å². The number of nitrogens with zero attached hydrogens (tertiary/aromatic N) is 2. The van der Waals surface area contributed by atoms with Gasteiger partial charge in [0.15, 0.2) is 0 Å². The number of amides is 2. The Labute approximate surface area is 221 Å². The van der Waals surface area contributed by atoms with E-state index < -0.39 is 24.7 Å². The number of ether oxygens (including phenoxy) is 2. The van der Waals surface area contributed by atoms with Gasteiger partial charge in [-0.25, -0.2) is 9.59 Å². The van der Waals surface area contributed by atoms with E-state index in [0.717, 1.165) is 34.2 Å². The van der Waals surface area contributed by atoms with Gasteiger partial charge in [-0.15, -0.1) is 0 Å². The monoisotopic (exact) mass is 514 g/mol. The van der Waals surface area contributed by atoms with E-state index in [1.807, 2.05) is 66.7 Å². The topological polar surface area (TPSA) is 96.4 Å². The van der Waals surface area contributed by atoms with Crippen molar-refractivity contribution in [3.63, 3.8) is 0 Å². The fraction of sp³-hybridized carbons (Fsp3) is 0.300. The smallest absolute Gasteiger partial charge is 0.410 e. The Morgan fingerprint density at radius 2 is 1.50 bits per heavy atom. The second kappa shape index (κ2) is 11.4. The Hall–Kier alpha value is -4.33. The number of benzene rings is 3. The summed E-state index contributed by atoms with van der Waals surface area (Å²) in [5.41, 5.74) is 5.26. The lowest BCUT2D eigenvalue weighted by atomic mass is 9.98. The van der Waals surface area contributed by atoms with Gasteiger partial charge in [0.2, 0.25) is 0 Å². The van der Waals surface area contributed by atoms with E-state index in [0.29, 0.717) is 13.0 Å². The molecule has 0 unspecified atom stereocenters. The molecule has 1 atom stereocenters. The lowest BCUT2D eigenvalue weighted by Gasteiger charge is -2.29. The SMILES string of the molecule is O=C(O)CN(C[C@@H]1CCCN1C(=O)OCc1ccccc1)C(=O)OCC1c2ccccc2-c2ccccc21. The number of carbonyl (C=O) groups excluding carboxylic acids is 2. The van der Waals surface area contributed by atoms with Gasteiger partial charge in [-0.2, -0.15) is 0 Å². The zero-order valence-corrected chi connectivity index (χ0v) is 21.0. The van der Waals surface area contributed by atoms with Crippen LogP contribution < -0.4 is 0 Å². The van der Waals surface area contributed by atoms with Gasteiger partial charge in [0, 0.05) is 19.0 Å². The zero-order valence-electron chi connectivity index (χ0n) is 21.0. The largest absolute Gasteiger partial charge is 0.480 e. The molecule has 1 fully saturated rings. The van der Waals surface area contributed by atoms with Crippen LogP contribution in [0.2, 0.25) is 0 Å². The number of carboxylic acids is 1. The fourth-order valence-electron chi connectivity index (χ4n) is 5.37. The molecule has 8 heteroatoms. The standard InChI is InChI=1S/C30H30N2O6/c33-28(34)18-31(17-22-11-8-16-32(22)30(36)37-19-21-9-2-1-3-10-21)29(35)38-20-27-25-14-6-4-12-23(25)24-13-5-7-15-26(24)27/h1-7,9-10,12-15,22,27H,8,11,16-20H2,(H,33,34)/t22-/m0/s1. The van der Waals surface area contributed by atoms with E-state index in [1.54, 1.807) is 4.90 Å². The van der Waals surface area contributed by atoms with E-state index in [2.05, 4.69) is 12.1 Å². The predicted octanol–water partition coefficient (Wildman–Crippen LogP) is 5.12. The Kier molecular flexibility index (Phi) is 7.58. The van der Waals surface area contributed by atoms with Crippen LogP contribution in [-0.4, -0.2) is 65.3 Å². The van der Waals surface area contributed by atoms with Crippen LogP contribution in [0.15, 0.2) is 78.9 Å². The average Bonchev–Trinajstić information content (AvgIpc) is 3.53. The summed E-state index contributed by atoms with van der Waals surface area (Å²) in [6.07, 6.45) is 0.210. The molecule has 0 aromatic heterocycles. The van der Waals surface area contributed by atoms with Crippen molar-refractivity contribution in [2.24, 2.45) is 0 Å². The Balaban J connectivity index is 1.23. The molecule has 1 heterocycles. The number of likely N-dealkylation sites (tertiary alicyclic amines) is 1. The predicted molar refractivity (Wildman–Crippen MR) is 141 cm³/mol. The summed E-state index contributed by atoms with van der Waals surface area (Å²) < 4.78 is 11.2. The van der Waals surface area contributed by atoms with Crippen LogP contribution in [-0.2, 0) is 20.9 Å². The highest BCUT2D eigenvalue weighted by Crippen LogP contribution is 2.44. The first-order chi connectivity index (χ1) is 18.5. The third-order valence-electron chi connectivity index (χ3n) is 7.17. The molecule has 3 aromatic carbocycles. The molecule has 3 aromatic rings. The first-order valence-corrected chi connectivity index (χ1v) is 12.8. The van der Waals surface area contributed by atoms with E-state index >= 15 is 0 Å². The third-order valence-corrected chi connectivity index (χ3v) is 7.17. The van der Waals surface area contributed by atoms with Gasteiger partial charge in [0.1, 0.15) is 19.8 Å². The molecule has 0 spiro atoms. The van der Waals surface area contributed by atoms with E-state index in [1.165, 1.54) is 4.90 Å². The van der Waals surface area contributed by atoms with Crippen LogP contribution >= 0.6 is 0 Å². The molecule has 0 saturated carbocycles. The number of fused-ring (bicyclic) bond motifs is 3. The zero-order chi connectivity index (χ0) is 26.5. The van der Waals surface area contributed by atoms with E-state index in [-0.39, 0.29) is 31.7 Å². The van der Waals surface area contributed by atoms with Crippen LogP contribution in [0.5, 0.6) is 0 Å². The minimum atomic E-state index is -1.14. The molecule has 1 aliphatic heterocycles. The van der Waals surface area contributed by atoms with Crippen molar-refractivity contribution in [2.75, 3.05) is 26.2 Å². The number of hydrogen-bond donors (Lipinski definition) is 1. The summed E-state index contributed by atoms with van der Waals surface area (Å²) in [6, 6.07) is 25.1. The molecular weight excluding hydrogens is 484 g/mol. The summed E-state index contributed by atoms with van der Waals surface area (Å²) in [5.74, 6) is -1.27. The van der Waals surface area contributed by atoms with Gasteiger partial charge in [-0.05, 0) is 40.7 Å². The van der Waals surface area contributed by atoms with Gasteiger partial charge >= 0.3 is 18.2 Å². The first kappa shape index (κ1) is 25.3. The van der Waals surface area contributed by atoms with Gasteiger partial charge < -0.3 is 19.5 Å². The summed E-state index contributed by atoms with van der Waals surface area (Å²) >= 11 is 0. The molecular formula is C30H30N2O6. The Bertz CT molecular complexity index is 1270. The van der Waals surface area contributed by atoms with Gasteiger partial charge in [-0.1, -0.05) is 78.9 Å². The maximum absolute atomic E-state index is 13.1. The number of hydrogen-bond acceptors (Lipinski definition) is 5. The third kappa shape index (κ3) is 5.49. The molecule has 0 bridgehead atoms. The molecule has 196 valence electrons. The second-order valence-electron chi connectivity index (χ2n) is 9.61. The number of carbonyl (C=O) groups is 3. The molecule has 2 amide bonds. The lowest BCUT2D eigenvalue weighted by molar-refractivity contribution is -0.138. The van der Waals surface area contributed by atoms with Gasteiger partial charge in [0.25, 0.3) is 0 Å². The summed E-state index contributed by atoms with van der Waals surface area (Å²) in [5, 5.41) is 9.48. The first-order valence-electron chi connectivity index (χ1n) is 12.8. The molecule has 0 radical (unpaired) electrons. The van der Waals surface area contributed by atoms with Crippen molar-refractivity contribution in [3.05, 3.63) is 95.6 Å². The summed E-state index contributed by atoms with van der Waals surface area (Å²) in [7, 11) is 0. The minimum absolute atomic E-state index is 0.0589. The highest BCUT2D eigenvalue weighted by atomic mass is 16.6. The van der Waals surface area contributed by atoms with Crippen LogP contribution in [0.3, 0.4) is 0 Å². The summed E-state index contributed by atoms with van der Waals surface area (Å²) in [6.45, 7) is 0.276. The minimum Gasteiger partial charge on any atom is -0.480 e. The van der Waals surface area contributed by atoms with Crippen LogP contribution in [0.4, 0.5) is 9.59 Å². The molecule has 2 aliphatic rings. The maximum Gasteiger partial charge on any atom is 0.410 e. The van der Waals surface area contributed by atoms with Crippen molar-refractivity contribution in [1.29, 1.82) is 0 Å². The number of carboxylic acid groups (broad SMARTS) is 1. The second-order valence-corrected chi connectivity index (χ2v) is 9.61. The van der Waals surface area contributed by atoms with Crippen LogP contribution in [0.1, 0.15) is 35.4 Å². The Morgan fingerprint density at radius 3 is 2.16 bits per heavy atom. The van der Waals surface area contributed by atoms with Crippen molar-refractivity contribution in [3.8, 4) is 11.1 Å². The molecule has 1 N–H and O–H groups in total. The number of aliphatic carboxylic acids is 1. The van der Waals surface area contributed by atoms with Crippen LogP contribution in [0.25, 0.3) is 11.1 Å². The molecule has 5 rings (SSSR count). The fourth-order valence-corrected chi connectivity index (χ4v) is 5.37.